The van der Waals surface area contributed by atoms with Gasteiger partial charge in [0.15, 0.2) is 5.96 Å². The highest BCUT2D eigenvalue weighted by molar-refractivity contribution is 5.79. The van der Waals surface area contributed by atoms with E-state index in [2.05, 4.69) is 63.3 Å². The number of anilines is 1. The number of hydrogen-bond donors (Lipinski definition) is 2. The lowest BCUT2D eigenvalue weighted by Crippen LogP contribution is -2.56. The van der Waals surface area contributed by atoms with Crippen molar-refractivity contribution in [1.82, 2.24) is 20.5 Å². The molecule has 0 saturated carbocycles. The maximum atomic E-state index is 5.47. The quantitative estimate of drug-likeness (QED) is 0.561. The van der Waals surface area contributed by atoms with Crippen molar-refractivity contribution in [3.63, 3.8) is 0 Å². The summed E-state index contributed by atoms with van der Waals surface area (Å²) in [4.78, 5) is 13.9. The molecule has 3 rings (SSSR count). The average Bonchev–Trinajstić information content (AvgIpc) is 2.75. The summed E-state index contributed by atoms with van der Waals surface area (Å²) in [5.74, 6) is 2.75. The van der Waals surface area contributed by atoms with Gasteiger partial charge in [-0.2, -0.15) is 0 Å². The van der Waals surface area contributed by atoms with Gasteiger partial charge in [-0.05, 0) is 44.2 Å². The fourth-order valence-corrected chi connectivity index (χ4v) is 3.93. The van der Waals surface area contributed by atoms with E-state index in [9.17, 15) is 0 Å². The van der Waals surface area contributed by atoms with Gasteiger partial charge in [0, 0.05) is 58.1 Å². The normalized spacial score (nSPS) is 20.0. The van der Waals surface area contributed by atoms with E-state index in [-0.39, 0.29) is 5.54 Å². The third kappa shape index (κ3) is 6.31. The molecule has 162 valence electrons. The maximum absolute atomic E-state index is 5.47. The average molecular weight is 403 g/mol. The Labute approximate surface area is 175 Å². The summed E-state index contributed by atoms with van der Waals surface area (Å²) in [5, 5.41) is 6.88. The van der Waals surface area contributed by atoms with Crippen molar-refractivity contribution in [1.29, 1.82) is 0 Å². The van der Waals surface area contributed by atoms with Crippen molar-refractivity contribution in [3.05, 3.63) is 23.9 Å². The van der Waals surface area contributed by atoms with E-state index in [0.717, 1.165) is 69.2 Å². The van der Waals surface area contributed by atoms with Crippen molar-refractivity contribution < 1.29 is 4.74 Å². The fraction of sp³-hybridized carbons (Fsp3) is 0.727. The third-order valence-corrected chi connectivity index (χ3v) is 6.16. The molecule has 0 atom stereocenters. The Morgan fingerprint density at radius 2 is 1.90 bits per heavy atom. The van der Waals surface area contributed by atoms with Crippen LogP contribution in [0.4, 0.5) is 5.82 Å². The van der Waals surface area contributed by atoms with Gasteiger partial charge in [-0.25, -0.2) is 4.98 Å². The summed E-state index contributed by atoms with van der Waals surface area (Å²) in [7, 11) is 1.82. The van der Waals surface area contributed by atoms with Crippen molar-refractivity contribution in [3.8, 4) is 0 Å². The Hall–Kier alpha value is -1.86. The molecule has 7 nitrogen and oxygen atoms in total. The number of nitrogens with zero attached hydrogens (tertiary/aromatic N) is 4. The zero-order chi connectivity index (χ0) is 20.7. The van der Waals surface area contributed by atoms with E-state index < -0.39 is 0 Å². The molecule has 2 N–H and O–H groups in total. The molecule has 0 aliphatic carbocycles. The van der Waals surface area contributed by atoms with Crippen LogP contribution < -0.4 is 15.5 Å². The predicted molar refractivity (Wildman–Crippen MR) is 120 cm³/mol. The van der Waals surface area contributed by atoms with Crippen molar-refractivity contribution in [2.75, 3.05) is 57.9 Å². The van der Waals surface area contributed by atoms with Gasteiger partial charge in [-0.15, -0.1) is 0 Å². The number of hydrogen-bond acceptors (Lipinski definition) is 5. The Kier molecular flexibility index (Phi) is 7.72. The van der Waals surface area contributed by atoms with Crippen LogP contribution in [0.2, 0.25) is 0 Å². The van der Waals surface area contributed by atoms with Crippen LogP contribution in [-0.4, -0.2) is 74.4 Å². The van der Waals surface area contributed by atoms with Gasteiger partial charge in [0.2, 0.25) is 0 Å². The number of rotatable bonds is 6. The maximum Gasteiger partial charge on any atom is 0.191 e. The fourth-order valence-electron chi connectivity index (χ4n) is 3.93. The van der Waals surface area contributed by atoms with E-state index in [4.69, 9.17) is 4.74 Å². The highest BCUT2D eigenvalue weighted by Crippen LogP contribution is 2.21. The SMILES string of the molecule is CN=C(NCc1ccc(N2CCC(C)CC2)nc1)NCC(C)(C)N1CCOCC1. The minimum atomic E-state index is 0.0521. The second kappa shape index (κ2) is 10.3. The zero-order valence-corrected chi connectivity index (χ0v) is 18.6. The first-order valence-corrected chi connectivity index (χ1v) is 10.9. The van der Waals surface area contributed by atoms with Crippen molar-refractivity contribution in [2.24, 2.45) is 10.9 Å². The van der Waals surface area contributed by atoms with E-state index in [0.29, 0.717) is 6.54 Å². The van der Waals surface area contributed by atoms with E-state index in [1.807, 2.05) is 13.2 Å². The van der Waals surface area contributed by atoms with Gasteiger partial charge in [-0.3, -0.25) is 9.89 Å². The number of guanidine groups is 1. The Morgan fingerprint density at radius 1 is 1.17 bits per heavy atom. The predicted octanol–water partition coefficient (Wildman–Crippen LogP) is 2.09. The topological polar surface area (TPSA) is 65.0 Å². The Bertz CT molecular complexity index is 646. The first-order valence-electron chi connectivity index (χ1n) is 10.9. The molecule has 2 aliphatic heterocycles. The molecule has 0 aromatic carbocycles. The lowest BCUT2D eigenvalue weighted by atomic mass is 9.99. The largest absolute Gasteiger partial charge is 0.379 e. The van der Waals surface area contributed by atoms with Crippen LogP contribution in [-0.2, 0) is 11.3 Å². The standard InChI is InChI=1S/C22H38N6O/c1-18-7-9-27(10-8-18)20-6-5-19(15-24-20)16-25-21(23-4)26-17-22(2,3)28-11-13-29-14-12-28/h5-6,15,18H,7-14,16-17H2,1-4H3,(H2,23,25,26). The van der Waals surface area contributed by atoms with Gasteiger partial charge >= 0.3 is 0 Å². The molecule has 1 aromatic rings. The highest BCUT2D eigenvalue weighted by atomic mass is 16.5. The van der Waals surface area contributed by atoms with Crippen LogP contribution in [0, 0.1) is 5.92 Å². The number of aromatic nitrogens is 1. The summed E-state index contributed by atoms with van der Waals surface area (Å²) in [6, 6.07) is 4.31. The van der Waals surface area contributed by atoms with Crippen LogP contribution in [0.15, 0.2) is 23.3 Å². The van der Waals surface area contributed by atoms with Crippen molar-refractivity contribution in [2.45, 2.75) is 45.7 Å². The molecule has 0 bridgehead atoms. The molecular weight excluding hydrogens is 364 g/mol. The molecule has 1 aromatic heterocycles. The summed E-state index contributed by atoms with van der Waals surface area (Å²) >= 11 is 0. The molecule has 2 aliphatic rings. The smallest absolute Gasteiger partial charge is 0.191 e. The highest BCUT2D eigenvalue weighted by Gasteiger charge is 2.28. The summed E-state index contributed by atoms with van der Waals surface area (Å²) in [5.41, 5.74) is 1.21. The first kappa shape index (κ1) is 21.8. The monoisotopic (exact) mass is 402 g/mol. The second-order valence-corrected chi connectivity index (χ2v) is 8.89. The molecule has 2 saturated heterocycles. The summed E-state index contributed by atoms with van der Waals surface area (Å²) in [6.45, 7) is 14.2. The second-order valence-electron chi connectivity index (χ2n) is 8.89. The zero-order valence-electron chi connectivity index (χ0n) is 18.6. The lowest BCUT2D eigenvalue weighted by Gasteiger charge is -2.41. The Balaban J connectivity index is 1.45. The Morgan fingerprint density at radius 3 is 2.52 bits per heavy atom. The van der Waals surface area contributed by atoms with Crippen LogP contribution in [0.1, 0.15) is 39.2 Å². The van der Waals surface area contributed by atoms with Gasteiger partial charge in [-0.1, -0.05) is 13.0 Å². The molecule has 0 amide bonds. The molecule has 7 heteroatoms. The van der Waals surface area contributed by atoms with Crippen LogP contribution in [0.5, 0.6) is 0 Å². The number of piperidine rings is 1. The minimum absolute atomic E-state index is 0.0521. The number of pyridine rings is 1. The van der Waals surface area contributed by atoms with E-state index >= 15 is 0 Å². The van der Waals surface area contributed by atoms with Crippen LogP contribution in [0.3, 0.4) is 0 Å². The molecule has 0 radical (unpaired) electrons. The summed E-state index contributed by atoms with van der Waals surface area (Å²) in [6.07, 6.45) is 4.49. The number of morpholine rings is 1. The van der Waals surface area contributed by atoms with Gasteiger partial charge in [0.25, 0.3) is 0 Å². The van der Waals surface area contributed by atoms with E-state index in [1.54, 1.807) is 0 Å². The van der Waals surface area contributed by atoms with Gasteiger partial charge in [0.05, 0.1) is 13.2 Å². The molecule has 0 unspecified atom stereocenters. The number of aliphatic imine (C=N–C) groups is 1. The lowest BCUT2D eigenvalue weighted by molar-refractivity contribution is -0.00834. The van der Waals surface area contributed by atoms with Gasteiger partial charge < -0.3 is 20.3 Å². The first-order chi connectivity index (χ1) is 14.0. The van der Waals surface area contributed by atoms with Gasteiger partial charge in [0.1, 0.15) is 5.82 Å². The molecule has 0 spiro atoms. The number of ether oxygens (including phenoxy) is 1. The third-order valence-electron chi connectivity index (χ3n) is 6.16. The molecule has 29 heavy (non-hydrogen) atoms. The number of nitrogens with one attached hydrogen (secondary N) is 2. The van der Waals surface area contributed by atoms with Crippen LogP contribution in [0.25, 0.3) is 0 Å². The molecule has 2 fully saturated rings. The van der Waals surface area contributed by atoms with Crippen molar-refractivity contribution >= 4 is 11.8 Å². The van der Waals surface area contributed by atoms with Crippen LogP contribution >= 0.6 is 0 Å². The minimum Gasteiger partial charge on any atom is -0.379 e. The molecule has 3 heterocycles. The van der Waals surface area contributed by atoms with E-state index in [1.165, 1.54) is 12.8 Å². The summed E-state index contributed by atoms with van der Waals surface area (Å²) < 4.78 is 5.47. The molecular formula is C22H38N6O.